The van der Waals surface area contributed by atoms with Gasteiger partial charge in [0.2, 0.25) is 5.75 Å². The topological polar surface area (TPSA) is 34.2 Å². The number of ether oxygens (including phenoxy) is 3. The summed E-state index contributed by atoms with van der Waals surface area (Å²) in [7, 11) is 4.97. The third-order valence-electron chi connectivity index (χ3n) is 5.75. The highest BCUT2D eigenvalue weighted by Gasteiger charge is 2.31. The van der Waals surface area contributed by atoms with Crippen molar-refractivity contribution in [1.82, 2.24) is 4.90 Å². The molecule has 4 rings (SSSR count). The van der Waals surface area contributed by atoms with Crippen molar-refractivity contribution in [3.63, 3.8) is 0 Å². The van der Waals surface area contributed by atoms with Crippen LogP contribution >= 0.6 is 0 Å². The number of hydrogen-bond donors (Lipinski definition) is 0. The van der Waals surface area contributed by atoms with Crippen LogP contribution in [0.25, 0.3) is 0 Å². The van der Waals surface area contributed by atoms with Crippen molar-refractivity contribution in [2.24, 2.45) is 0 Å². The van der Waals surface area contributed by atoms with Gasteiger partial charge >= 0.3 is 0 Å². The van der Waals surface area contributed by atoms with Crippen LogP contribution in [0.2, 0.25) is 0 Å². The predicted molar refractivity (Wildman–Crippen MR) is 107 cm³/mol. The van der Waals surface area contributed by atoms with Crippen molar-refractivity contribution in [3.05, 3.63) is 47.5 Å². The second kappa shape index (κ2) is 7.69. The molecule has 0 N–H and O–H groups in total. The van der Waals surface area contributed by atoms with Crippen LogP contribution in [0.1, 0.15) is 17.5 Å². The predicted octanol–water partition coefficient (Wildman–Crippen LogP) is 3.35. The molecule has 2 aromatic rings. The van der Waals surface area contributed by atoms with Crippen molar-refractivity contribution in [2.75, 3.05) is 45.9 Å². The van der Waals surface area contributed by atoms with Crippen LogP contribution < -0.4 is 19.1 Å². The summed E-state index contributed by atoms with van der Waals surface area (Å²) in [5.74, 6) is 2.09. The Morgan fingerprint density at radius 3 is 2.41 bits per heavy atom. The molecule has 2 aliphatic rings. The standard InChI is InChI=1S/C22H28N2O3/c1-25-20-12-16(13-21(26-2)22(20)27-3)14-23-10-11-24-18(15-23)9-8-17-6-4-5-7-19(17)24/h4-7,12-13,18H,8-11,14-15H2,1-3H3. The maximum atomic E-state index is 5.50. The molecule has 144 valence electrons. The first-order valence-corrected chi connectivity index (χ1v) is 9.59. The van der Waals surface area contributed by atoms with Gasteiger partial charge in [-0.2, -0.15) is 0 Å². The average molecular weight is 368 g/mol. The van der Waals surface area contributed by atoms with Crippen LogP contribution in [0.3, 0.4) is 0 Å². The summed E-state index contributed by atoms with van der Waals surface area (Å²) in [4.78, 5) is 5.14. The Morgan fingerprint density at radius 2 is 1.70 bits per heavy atom. The van der Waals surface area contributed by atoms with Gasteiger partial charge in [-0.05, 0) is 42.2 Å². The molecule has 1 saturated heterocycles. The zero-order valence-electron chi connectivity index (χ0n) is 16.4. The van der Waals surface area contributed by atoms with Crippen LogP contribution in [0, 0.1) is 0 Å². The van der Waals surface area contributed by atoms with Crippen molar-refractivity contribution in [2.45, 2.75) is 25.4 Å². The number of fused-ring (bicyclic) bond motifs is 3. The lowest BCUT2D eigenvalue weighted by molar-refractivity contribution is 0.206. The molecule has 1 unspecified atom stereocenters. The molecule has 2 aliphatic heterocycles. The molecule has 1 atom stereocenters. The molecular formula is C22H28N2O3. The first-order valence-electron chi connectivity index (χ1n) is 9.59. The minimum absolute atomic E-state index is 0.593. The van der Waals surface area contributed by atoms with Gasteiger partial charge < -0.3 is 19.1 Å². The van der Waals surface area contributed by atoms with E-state index < -0.39 is 0 Å². The lowest BCUT2D eigenvalue weighted by atomic mass is 9.93. The third-order valence-corrected chi connectivity index (χ3v) is 5.75. The van der Waals surface area contributed by atoms with Gasteiger partial charge in [0.15, 0.2) is 11.5 Å². The monoisotopic (exact) mass is 368 g/mol. The van der Waals surface area contributed by atoms with Crippen molar-refractivity contribution in [3.8, 4) is 17.2 Å². The van der Waals surface area contributed by atoms with Gasteiger partial charge in [-0.15, -0.1) is 0 Å². The molecule has 5 nitrogen and oxygen atoms in total. The van der Waals surface area contributed by atoms with Crippen LogP contribution in [0.4, 0.5) is 5.69 Å². The molecule has 27 heavy (non-hydrogen) atoms. The van der Waals surface area contributed by atoms with Gasteiger partial charge in [0.05, 0.1) is 21.3 Å². The van der Waals surface area contributed by atoms with Crippen molar-refractivity contribution < 1.29 is 14.2 Å². The van der Waals surface area contributed by atoms with E-state index >= 15 is 0 Å². The molecule has 0 radical (unpaired) electrons. The molecule has 2 heterocycles. The van der Waals surface area contributed by atoms with Crippen molar-refractivity contribution in [1.29, 1.82) is 0 Å². The maximum Gasteiger partial charge on any atom is 0.203 e. The van der Waals surface area contributed by atoms with Crippen LogP contribution in [-0.4, -0.2) is 51.9 Å². The summed E-state index contributed by atoms with van der Waals surface area (Å²) in [5, 5.41) is 0. The summed E-state index contributed by atoms with van der Waals surface area (Å²) < 4.78 is 16.4. The Hall–Kier alpha value is -2.40. The molecule has 0 spiro atoms. The lowest BCUT2D eigenvalue weighted by Gasteiger charge is -2.46. The minimum atomic E-state index is 0.593. The van der Waals surface area contributed by atoms with Gasteiger partial charge in [-0.1, -0.05) is 18.2 Å². The number of hydrogen-bond acceptors (Lipinski definition) is 5. The van der Waals surface area contributed by atoms with Crippen LogP contribution in [0.15, 0.2) is 36.4 Å². The van der Waals surface area contributed by atoms with E-state index in [0.717, 1.165) is 37.7 Å². The first kappa shape index (κ1) is 18.0. The molecule has 1 fully saturated rings. The molecule has 0 aliphatic carbocycles. The maximum absolute atomic E-state index is 5.50. The van der Waals surface area contributed by atoms with E-state index in [9.17, 15) is 0 Å². The van der Waals surface area contributed by atoms with Crippen molar-refractivity contribution >= 4 is 5.69 Å². The van der Waals surface area contributed by atoms with E-state index in [1.807, 2.05) is 0 Å². The second-order valence-electron chi connectivity index (χ2n) is 7.28. The van der Waals surface area contributed by atoms with Crippen LogP contribution in [0.5, 0.6) is 17.2 Å². The molecule has 0 saturated carbocycles. The number of para-hydroxylation sites is 1. The number of anilines is 1. The highest BCUT2D eigenvalue weighted by Crippen LogP contribution is 2.39. The van der Waals surface area contributed by atoms with Gasteiger partial charge in [-0.3, -0.25) is 4.90 Å². The quantitative estimate of drug-likeness (QED) is 0.809. The summed E-state index contributed by atoms with van der Waals surface area (Å²) in [6.45, 7) is 4.11. The minimum Gasteiger partial charge on any atom is -0.493 e. The Bertz CT molecular complexity index is 783. The fourth-order valence-electron chi connectivity index (χ4n) is 4.44. The Labute approximate surface area is 161 Å². The zero-order chi connectivity index (χ0) is 18.8. The third kappa shape index (κ3) is 3.44. The lowest BCUT2D eigenvalue weighted by Crippen LogP contribution is -2.54. The Kier molecular flexibility index (Phi) is 5.12. The van der Waals surface area contributed by atoms with Gasteiger partial charge in [-0.25, -0.2) is 0 Å². The smallest absolute Gasteiger partial charge is 0.203 e. The number of aryl methyl sites for hydroxylation is 1. The Morgan fingerprint density at radius 1 is 0.963 bits per heavy atom. The van der Waals surface area contributed by atoms with Gasteiger partial charge in [0.1, 0.15) is 0 Å². The zero-order valence-corrected chi connectivity index (χ0v) is 16.4. The first-order chi connectivity index (χ1) is 13.2. The van der Waals surface area contributed by atoms with Crippen LogP contribution in [-0.2, 0) is 13.0 Å². The van der Waals surface area contributed by atoms with E-state index in [-0.39, 0.29) is 0 Å². The fourth-order valence-corrected chi connectivity index (χ4v) is 4.44. The number of piperazine rings is 1. The second-order valence-corrected chi connectivity index (χ2v) is 7.28. The van der Waals surface area contributed by atoms with Gasteiger partial charge in [0, 0.05) is 37.9 Å². The number of rotatable bonds is 5. The summed E-state index contributed by atoms with van der Waals surface area (Å²) in [6.07, 6.45) is 2.40. The van der Waals surface area contributed by atoms with Gasteiger partial charge in [0.25, 0.3) is 0 Å². The number of methoxy groups -OCH3 is 3. The molecule has 0 aromatic heterocycles. The van der Waals surface area contributed by atoms with E-state index in [1.165, 1.54) is 29.7 Å². The highest BCUT2D eigenvalue weighted by molar-refractivity contribution is 5.57. The summed E-state index contributed by atoms with van der Waals surface area (Å²) >= 11 is 0. The molecular weight excluding hydrogens is 340 g/mol. The average Bonchev–Trinajstić information content (AvgIpc) is 2.72. The summed E-state index contributed by atoms with van der Waals surface area (Å²) in [6, 6.07) is 13.6. The van der Waals surface area contributed by atoms with E-state index in [1.54, 1.807) is 21.3 Å². The number of nitrogens with zero attached hydrogens (tertiary/aromatic N) is 2. The molecule has 5 heteroatoms. The molecule has 0 bridgehead atoms. The largest absolute Gasteiger partial charge is 0.493 e. The molecule has 2 aromatic carbocycles. The Balaban J connectivity index is 1.50. The van der Waals surface area contributed by atoms with E-state index in [0.29, 0.717) is 11.8 Å². The fraction of sp³-hybridized carbons (Fsp3) is 0.455. The summed E-state index contributed by atoms with van der Waals surface area (Å²) in [5.41, 5.74) is 4.11. The highest BCUT2D eigenvalue weighted by atomic mass is 16.5. The van der Waals surface area contributed by atoms with E-state index in [4.69, 9.17) is 14.2 Å². The van der Waals surface area contributed by atoms with E-state index in [2.05, 4.69) is 46.2 Å². The number of benzene rings is 2. The normalized spacial score (nSPS) is 19.2. The SMILES string of the molecule is COc1cc(CN2CCN3c4ccccc4CCC3C2)cc(OC)c1OC. The molecule has 0 amide bonds.